The van der Waals surface area contributed by atoms with Crippen molar-refractivity contribution < 1.29 is 4.79 Å². The van der Waals surface area contributed by atoms with Crippen molar-refractivity contribution >= 4 is 5.91 Å². The number of hydrogen-bond acceptors (Lipinski definition) is 2. The first kappa shape index (κ1) is 15.6. The lowest BCUT2D eigenvalue weighted by atomic mass is 9.78. The topological polar surface area (TPSA) is 37.3 Å². The Morgan fingerprint density at radius 1 is 1.27 bits per heavy atom. The van der Waals surface area contributed by atoms with Gasteiger partial charge in [-0.25, -0.2) is 0 Å². The van der Waals surface area contributed by atoms with Gasteiger partial charge >= 0.3 is 0 Å². The highest BCUT2D eigenvalue weighted by Crippen LogP contribution is 2.29. The summed E-state index contributed by atoms with van der Waals surface area (Å²) in [4.78, 5) is 14.8. The molecule has 1 aliphatic heterocycles. The summed E-state index contributed by atoms with van der Waals surface area (Å²) in [6.07, 6.45) is 5.81. The molecule has 1 aliphatic carbocycles. The Morgan fingerprint density at radius 2 is 2.09 bits per heavy atom. The third-order valence-electron chi connectivity index (χ3n) is 5.87. The molecule has 1 fully saturated rings. The van der Waals surface area contributed by atoms with E-state index in [4.69, 9.17) is 0 Å². The molecule has 22 heavy (non-hydrogen) atoms. The Kier molecular flexibility index (Phi) is 4.57. The number of hydrogen-bond donors (Lipinski definition) is 1. The van der Waals surface area contributed by atoms with Gasteiger partial charge < -0.3 is 9.88 Å². The highest BCUT2D eigenvalue weighted by Gasteiger charge is 2.30. The van der Waals surface area contributed by atoms with E-state index in [1.807, 2.05) is 0 Å². The van der Waals surface area contributed by atoms with Gasteiger partial charge in [0.2, 0.25) is 5.91 Å². The van der Waals surface area contributed by atoms with Crippen molar-refractivity contribution in [3.8, 4) is 0 Å². The number of rotatable bonds is 3. The Balaban J connectivity index is 1.56. The third kappa shape index (κ3) is 3.07. The Hall–Kier alpha value is -1.29. The normalized spacial score (nSPS) is 32.5. The number of carbonyl (C=O) groups is 1. The second-order valence-corrected chi connectivity index (χ2v) is 7.21. The average Bonchev–Trinajstić information content (AvgIpc) is 2.96. The first-order valence-corrected chi connectivity index (χ1v) is 8.74. The molecule has 4 unspecified atom stereocenters. The lowest BCUT2D eigenvalue weighted by Gasteiger charge is -2.37. The maximum atomic E-state index is 12.5. The zero-order valence-electron chi connectivity index (χ0n) is 14.1. The van der Waals surface area contributed by atoms with Crippen molar-refractivity contribution in [2.45, 2.75) is 58.7 Å². The Bertz CT molecular complexity index is 524. The summed E-state index contributed by atoms with van der Waals surface area (Å²) in [5, 5.41) is 3.30. The van der Waals surface area contributed by atoms with E-state index < -0.39 is 0 Å². The fourth-order valence-electron chi connectivity index (χ4n) is 4.07. The summed E-state index contributed by atoms with van der Waals surface area (Å²) in [6.45, 7) is 9.24. The SMILES string of the molecule is CC1CCCC(NC(=O)CN2CCn3cccc3C2C)C1C. The molecule has 0 bridgehead atoms. The van der Waals surface area contributed by atoms with Crippen LogP contribution in [0.3, 0.4) is 0 Å². The molecule has 0 saturated heterocycles. The van der Waals surface area contributed by atoms with Crippen molar-refractivity contribution in [2.24, 2.45) is 11.8 Å². The van der Waals surface area contributed by atoms with Gasteiger partial charge in [0.25, 0.3) is 0 Å². The molecule has 1 aromatic heterocycles. The molecule has 1 amide bonds. The quantitative estimate of drug-likeness (QED) is 0.932. The molecule has 4 nitrogen and oxygen atoms in total. The smallest absolute Gasteiger partial charge is 0.234 e. The first-order chi connectivity index (χ1) is 10.6. The van der Waals surface area contributed by atoms with E-state index in [9.17, 15) is 4.79 Å². The molecule has 4 heteroatoms. The maximum Gasteiger partial charge on any atom is 0.234 e. The number of amides is 1. The molecule has 122 valence electrons. The van der Waals surface area contributed by atoms with Crippen molar-refractivity contribution in [1.29, 1.82) is 0 Å². The van der Waals surface area contributed by atoms with Crippen LogP contribution in [0, 0.1) is 11.8 Å². The number of carbonyl (C=O) groups excluding carboxylic acids is 1. The van der Waals surface area contributed by atoms with Crippen molar-refractivity contribution in [2.75, 3.05) is 13.1 Å². The maximum absolute atomic E-state index is 12.5. The van der Waals surface area contributed by atoms with Crippen LogP contribution in [0.2, 0.25) is 0 Å². The van der Waals surface area contributed by atoms with Crippen LogP contribution in [0.1, 0.15) is 51.8 Å². The predicted octanol–water partition coefficient (Wildman–Crippen LogP) is 2.81. The number of fused-ring (bicyclic) bond motifs is 1. The van der Waals surface area contributed by atoms with Gasteiger partial charge in [0, 0.05) is 37.1 Å². The van der Waals surface area contributed by atoms with Gasteiger partial charge in [-0.3, -0.25) is 9.69 Å². The van der Waals surface area contributed by atoms with Gasteiger partial charge in [-0.1, -0.05) is 26.7 Å². The minimum atomic E-state index is 0.192. The van der Waals surface area contributed by atoms with Gasteiger partial charge in [-0.2, -0.15) is 0 Å². The van der Waals surface area contributed by atoms with E-state index in [-0.39, 0.29) is 5.91 Å². The molecule has 1 aromatic rings. The van der Waals surface area contributed by atoms with Crippen LogP contribution >= 0.6 is 0 Å². The summed E-state index contributed by atoms with van der Waals surface area (Å²) in [5.74, 6) is 1.50. The molecule has 2 aliphatic rings. The van der Waals surface area contributed by atoms with Crippen LogP contribution in [0.25, 0.3) is 0 Å². The second kappa shape index (κ2) is 6.45. The van der Waals surface area contributed by atoms with Crippen LogP contribution in [-0.4, -0.2) is 34.5 Å². The van der Waals surface area contributed by atoms with Crippen LogP contribution in [0.5, 0.6) is 0 Å². The highest BCUT2D eigenvalue weighted by molar-refractivity contribution is 5.78. The molecule has 2 heterocycles. The lowest BCUT2D eigenvalue weighted by molar-refractivity contribution is -0.124. The Labute approximate surface area is 133 Å². The summed E-state index contributed by atoms with van der Waals surface area (Å²) in [6, 6.07) is 4.94. The first-order valence-electron chi connectivity index (χ1n) is 8.74. The van der Waals surface area contributed by atoms with Gasteiger partial charge in [0.15, 0.2) is 0 Å². The molecule has 4 atom stereocenters. The van der Waals surface area contributed by atoms with E-state index in [1.54, 1.807) is 0 Å². The molecule has 1 saturated carbocycles. The summed E-state index contributed by atoms with van der Waals surface area (Å²) >= 11 is 0. The molecular weight excluding hydrogens is 274 g/mol. The summed E-state index contributed by atoms with van der Waals surface area (Å²) < 4.78 is 2.30. The van der Waals surface area contributed by atoms with Crippen LogP contribution in [0.4, 0.5) is 0 Å². The number of aromatic nitrogens is 1. The van der Waals surface area contributed by atoms with E-state index in [0.717, 1.165) is 25.4 Å². The Morgan fingerprint density at radius 3 is 2.91 bits per heavy atom. The molecule has 3 rings (SSSR count). The fraction of sp³-hybridized carbons (Fsp3) is 0.722. The fourth-order valence-corrected chi connectivity index (χ4v) is 4.07. The van der Waals surface area contributed by atoms with Crippen molar-refractivity contribution in [3.05, 3.63) is 24.0 Å². The highest BCUT2D eigenvalue weighted by atomic mass is 16.2. The summed E-state index contributed by atoms with van der Waals surface area (Å²) in [5.41, 5.74) is 1.32. The van der Waals surface area contributed by atoms with E-state index in [2.05, 4.69) is 53.9 Å². The molecule has 0 radical (unpaired) electrons. The van der Waals surface area contributed by atoms with Gasteiger partial charge in [0.05, 0.1) is 6.54 Å². The van der Waals surface area contributed by atoms with Crippen LogP contribution in [-0.2, 0) is 11.3 Å². The standard InChI is InChI=1S/C18H29N3O/c1-13-6-4-7-16(14(13)2)19-18(22)12-21-11-10-20-9-5-8-17(20)15(21)3/h5,8-9,13-16H,4,6-7,10-12H2,1-3H3,(H,19,22). The van der Waals surface area contributed by atoms with Gasteiger partial charge in [0.1, 0.15) is 0 Å². The zero-order chi connectivity index (χ0) is 15.7. The zero-order valence-corrected chi connectivity index (χ0v) is 14.1. The van der Waals surface area contributed by atoms with Gasteiger partial charge in [-0.15, -0.1) is 0 Å². The average molecular weight is 303 g/mol. The minimum absolute atomic E-state index is 0.192. The van der Waals surface area contributed by atoms with Crippen LogP contribution in [0.15, 0.2) is 18.3 Å². The predicted molar refractivity (Wildman–Crippen MR) is 88.5 cm³/mol. The number of nitrogens with zero attached hydrogens (tertiary/aromatic N) is 2. The second-order valence-electron chi connectivity index (χ2n) is 7.21. The largest absolute Gasteiger partial charge is 0.352 e. The molecule has 1 N–H and O–H groups in total. The monoisotopic (exact) mass is 303 g/mol. The molecular formula is C18H29N3O. The van der Waals surface area contributed by atoms with Gasteiger partial charge in [-0.05, 0) is 37.3 Å². The van der Waals surface area contributed by atoms with Crippen molar-refractivity contribution in [1.82, 2.24) is 14.8 Å². The molecule has 0 spiro atoms. The summed E-state index contributed by atoms with van der Waals surface area (Å²) in [7, 11) is 0. The van der Waals surface area contributed by atoms with E-state index in [0.29, 0.717) is 24.5 Å². The van der Waals surface area contributed by atoms with E-state index >= 15 is 0 Å². The minimum Gasteiger partial charge on any atom is -0.352 e. The van der Waals surface area contributed by atoms with E-state index in [1.165, 1.54) is 18.5 Å². The number of nitrogens with one attached hydrogen (secondary N) is 1. The molecule has 0 aromatic carbocycles. The third-order valence-corrected chi connectivity index (χ3v) is 5.87. The van der Waals surface area contributed by atoms with Crippen molar-refractivity contribution in [3.63, 3.8) is 0 Å². The van der Waals surface area contributed by atoms with Crippen LogP contribution < -0.4 is 5.32 Å². The lowest BCUT2D eigenvalue weighted by Crippen LogP contribution is -2.49.